The Morgan fingerprint density at radius 2 is 2.04 bits per heavy atom. The van der Waals surface area contributed by atoms with Crippen molar-refractivity contribution in [1.82, 2.24) is 19.6 Å². The summed E-state index contributed by atoms with van der Waals surface area (Å²) in [6.45, 7) is 7.14. The largest absolute Gasteiger partial charge is 0.493 e. The zero-order chi connectivity index (χ0) is 19.4. The van der Waals surface area contributed by atoms with E-state index in [0.717, 1.165) is 34.3 Å². The van der Waals surface area contributed by atoms with Crippen molar-refractivity contribution in [3.05, 3.63) is 46.2 Å². The SMILES string of the molecule is COc1cccc(CNCc2cn3c(C)c(C)sc3n2)c1OCCN(C)C. The first-order valence-corrected chi connectivity index (χ1v) is 9.89. The van der Waals surface area contributed by atoms with Crippen LogP contribution in [0.1, 0.15) is 21.8 Å². The molecule has 1 aromatic carbocycles. The van der Waals surface area contributed by atoms with Crippen LogP contribution in [0.15, 0.2) is 24.4 Å². The summed E-state index contributed by atoms with van der Waals surface area (Å²) in [4.78, 5) is 9.17. The maximum Gasteiger partial charge on any atom is 0.194 e. The molecule has 1 N–H and O–H groups in total. The standard InChI is InChI=1S/C20H28N4O2S/c1-14-15(2)27-20-22-17(13-24(14)20)12-21-11-16-7-6-8-18(25-5)19(16)26-10-9-23(3)4/h6-8,13,21H,9-12H2,1-5H3. The molecule has 0 atom stereocenters. The van der Waals surface area contributed by atoms with Gasteiger partial charge in [0.25, 0.3) is 0 Å². The van der Waals surface area contributed by atoms with Gasteiger partial charge in [0.05, 0.1) is 12.8 Å². The van der Waals surface area contributed by atoms with E-state index in [0.29, 0.717) is 19.7 Å². The van der Waals surface area contributed by atoms with Gasteiger partial charge in [-0.15, -0.1) is 11.3 Å². The first kappa shape index (κ1) is 19.7. The highest BCUT2D eigenvalue weighted by atomic mass is 32.1. The highest BCUT2D eigenvalue weighted by molar-refractivity contribution is 7.17. The fourth-order valence-corrected chi connectivity index (χ4v) is 3.84. The fourth-order valence-electron chi connectivity index (χ4n) is 2.87. The monoisotopic (exact) mass is 388 g/mol. The van der Waals surface area contributed by atoms with Crippen molar-refractivity contribution in [1.29, 1.82) is 0 Å². The predicted octanol–water partition coefficient (Wildman–Crippen LogP) is 3.25. The van der Waals surface area contributed by atoms with Crippen molar-refractivity contribution in [2.45, 2.75) is 26.9 Å². The maximum atomic E-state index is 6.01. The summed E-state index contributed by atoms with van der Waals surface area (Å²) in [7, 11) is 5.74. The number of imidazole rings is 1. The Balaban J connectivity index is 1.65. The Hall–Kier alpha value is -2.09. The van der Waals surface area contributed by atoms with Crippen LogP contribution in [0, 0.1) is 13.8 Å². The molecule has 0 radical (unpaired) electrons. The van der Waals surface area contributed by atoms with E-state index < -0.39 is 0 Å². The van der Waals surface area contributed by atoms with Gasteiger partial charge in [-0.05, 0) is 34.0 Å². The lowest BCUT2D eigenvalue weighted by Crippen LogP contribution is -2.20. The summed E-state index contributed by atoms with van der Waals surface area (Å²) in [5.41, 5.74) is 3.39. The van der Waals surface area contributed by atoms with Crippen LogP contribution < -0.4 is 14.8 Å². The lowest BCUT2D eigenvalue weighted by atomic mass is 10.2. The van der Waals surface area contributed by atoms with Gasteiger partial charge in [0.15, 0.2) is 16.5 Å². The summed E-state index contributed by atoms with van der Waals surface area (Å²) in [5, 5.41) is 3.48. The van der Waals surface area contributed by atoms with E-state index in [-0.39, 0.29) is 0 Å². The van der Waals surface area contributed by atoms with E-state index in [1.165, 1.54) is 10.6 Å². The van der Waals surface area contributed by atoms with Crippen molar-refractivity contribution in [2.24, 2.45) is 0 Å². The van der Waals surface area contributed by atoms with Crippen molar-refractivity contribution < 1.29 is 9.47 Å². The summed E-state index contributed by atoms with van der Waals surface area (Å²) in [5.74, 6) is 1.58. The molecule has 0 unspecified atom stereocenters. The molecule has 0 aliphatic rings. The summed E-state index contributed by atoms with van der Waals surface area (Å²) in [6.07, 6.45) is 2.11. The van der Waals surface area contributed by atoms with Gasteiger partial charge in [-0.2, -0.15) is 0 Å². The van der Waals surface area contributed by atoms with E-state index >= 15 is 0 Å². The number of benzene rings is 1. The first-order valence-electron chi connectivity index (χ1n) is 9.07. The second-order valence-electron chi connectivity index (χ2n) is 6.83. The molecule has 2 aromatic heterocycles. The van der Waals surface area contributed by atoms with Gasteiger partial charge in [0, 0.05) is 42.0 Å². The molecule has 0 aliphatic carbocycles. The highest BCUT2D eigenvalue weighted by Gasteiger charge is 2.12. The molecule has 3 aromatic rings. The van der Waals surface area contributed by atoms with Crippen molar-refractivity contribution in [3.63, 3.8) is 0 Å². The summed E-state index contributed by atoms with van der Waals surface area (Å²) < 4.78 is 13.7. The van der Waals surface area contributed by atoms with Crippen LogP contribution in [0.25, 0.3) is 4.96 Å². The molecule has 0 aliphatic heterocycles. The molecule has 0 fully saturated rings. The number of aryl methyl sites for hydroxylation is 2. The van der Waals surface area contributed by atoms with Gasteiger partial charge < -0.3 is 19.7 Å². The summed E-state index contributed by atoms with van der Waals surface area (Å²) in [6, 6.07) is 6.00. The molecular weight excluding hydrogens is 360 g/mol. The Morgan fingerprint density at radius 3 is 2.74 bits per heavy atom. The van der Waals surface area contributed by atoms with Crippen LogP contribution in [0.2, 0.25) is 0 Å². The number of hydrogen-bond acceptors (Lipinski definition) is 6. The van der Waals surface area contributed by atoms with Gasteiger partial charge in [0.1, 0.15) is 6.61 Å². The molecule has 0 saturated heterocycles. The number of para-hydroxylation sites is 1. The highest BCUT2D eigenvalue weighted by Crippen LogP contribution is 2.31. The molecule has 146 valence electrons. The van der Waals surface area contributed by atoms with E-state index in [9.17, 15) is 0 Å². The van der Waals surface area contributed by atoms with Crippen molar-refractivity contribution in [2.75, 3.05) is 34.4 Å². The zero-order valence-electron chi connectivity index (χ0n) is 16.7. The number of rotatable bonds is 9. The molecule has 0 spiro atoms. The Kier molecular flexibility index (Phi) is 6.36. The number of hydrogen-bond donors (Lipinski definition) is 1. The van der Waals surface area contributed by atoms with Crippen molar-refractivity contribution >= 4 is 16.3 Å². The predicted molar refractivity (Wildman–Crippen MR) is 110 cm³/mol. The van der Waals surface area contributed by atoms with Crippen LogP contribution in [0.5, 0.6) is 11.5 Å². The molecule has 0 amide bonds. The van der Waals surface area contributed by atoms with E-state index in [2.05, 4.69) is 40.7 Å². The van der Waals surface area contributed by atoms with Gasteiger partial charge >= 0.3 is 0 Å². The van der Waals surface area contributed by atoms with Gasteiger partial charge in [-0.1, -0.05) is 12.1 Å². The van der Waals surface area contributed by atoms with Crippen LogP contribution in [-0.4, -0.2) is 48.6 Å². The third kappa shape index (κ3) is 4.61. The van der Waals surface area contributed by atoms with Crippen LogP contribution in [0.3, 0.4) is 0 Å². The number of nitrogens with one attached hydrogen (secondary N) is 1. The minimum absolute atomic E-state index is 0.621. The minimum Gasteiger partial charge on any atom is -0.493 e. The molecule has 2 heterocycles. The maximum absolute atomic E-state index is 6.01. The number of fused-ring (bicyclic) bond motifs is 1. The van der Waals surface area contributed by atoms with E-state index in [1.807, 2.05) is 26.2 Å². The number of likely N-dealkylation sites (N-methyl/N-ethyl adjacent to an activating group) is 1. The molecule has 6 nitrogen and oxygen atoms in total. The van der Waals surface area contributed by atoms with Crippen LogP contribution in [0.4, 0.5) is 0 Å². The third-order valence-corrected chi connectivity index (χ3v) is 5.60. The van der Waals surface area contributed by atoms with Crippen molar-refractivity contribution in [3.8, 4) is 11.5 Å². The molecular formula is C20H28N4O2S. The topological polar surface area (TPSA) is 51.0 Å². The zero-order valence-corrected chi connectivity index (χ0v) is 17.5. The Labute approximate surface area is 164 Å². The number of methoxy groups -OCH3 is 1. The number of ether oxygens (including phenoxy) is 2. The average molecular weight is 389 g/mol. The van der Waals surface area contributed by atoms with Crippen LogP contribution >= 0.6 is 11.3 Å². The molecule has 7 heteroatoms. The lowest BCUT2D eigenvalue weighted by molar-refractivity contribution is 0.248. The fraction of sp³-hybridized carbons (Fsp3) is 0.450. The number of thiazole rings is 1. The smallest absolute Gasteiger partial charge is 0.194 e. The lowest BCUT2D eigenvalue weighted by Gasteiger charge is -2.17. The number of nitrogens with zero attached hydrogens (tertiary/aromatic N) is 3. The average Bonchev–Trinajstić information content (AvgIpc) is 3.14. The second kappa shape index (κ2) is 8.73. The molecule has 0 bridgehead atoms. The third-order valence-electron chi connectivity index (χ3n) is 4.53. The number of aromatic nitrogens is 2. The quantitative estimate of drug-likeness (QED) is 0.610. The van der Waals surface area contributed by atoms with Gasteiger partial charge in [-0.25, -0.2) is 4.98 Å². The Morgan fingerprint density at radius 1 is 1.22 bits per heavy atom. The normalized spacial score (nSPS) is 11.5. The van der Waals surface area contributed by atoms with Crippen LogP contribution in [-0.2, 0) is 13.1 Å². The van der Waals surface area contributed by atoms with E-state index in [1.54, 1.807) is 18.4 Å². The summed E-state index contributed by atoms with van der Waals surface area (Å²) >= 11 is 1.73. The van der Waals surface area contributed by atoms with Gasteiger partial charge in [-0.3, -0.25) is 4.40 Å². The Bertz CT molecular complexity index is 901. The molecule has 27 heavy (non-hydrogen) atoms. The van der Waals surface area contributed by atoms with E-state index in [4.69, 9.17) is 14.5 Å². The first-order chi connectivity index (χ1) is 13.0. The molecule has 0 saturated carbocycles. The van der Waals surface area contributed by atoms with Gasteiger partial charge in [0.2, 0.25) is 0 Å². The second-order valence-corrected chi connectivity index (χ2v) is 8.01. The minimum atomic E-state index is 0.621. The molecule has 3 rings (SSSR count).